The summed E-state index contributed by atoms with van der Waals surface area (Å²) in [4.78, 5) is 24.5. The zero-order valence-electron chi connectivity index (χ0n) is 16.3. The fourth-order valence-electron chi connectivity index (χ4n) is 3.18. The van der Waals surface area contributed by atoms with Gasteiger partial charge in [0.05, 0.1) is 19.6 Å². The lowest BCUT2D eigenvalue weighted by Gasteiger charge is -2.20. The van der Waals surface area contributed by atoms with Crippen LogP contribution in [-0.4, -0.2) is 18.8 Å². The number of hydrogen-bond acceptors (Lipinski definition) is 3. The summed E-state index contributed by atoms with van der Waals surface area (Å²) in [5.74, 6) is -0.106. The summed E-state index contributed by atoms with van der Waals surface area (Å²) < 4.78 is 18.7. The molecule has 29 heavy (non-hydrogen) atoms. The van der Waals surface area contributed by atoms with Crippen LogP contribution in [0.1, 0.15) is 40.0 Å². The SMILES string of the molecule is COc1ccc(C(C)=O)cc1CC(=O)NC(c1ccccc1)c1ccc(F)cc1. The van der Waals surface area contributed by atoms with E-state index in [1.807, 2.05) is 30.3 Å². The molecule has 0 saturated carbocycles. The highest BCUT2D eigenvalue weighted by Gasteiger charge is 2.19. The number of methoxy groups -OCH3 is 1. The molecule has 148 valence electrons. The predicted molar refractivity (Wildman–Crippen MR) is 110 cm³/mol. The zero-order chi connectivity index (χ0) is 20.8. The van der Waals surface area contributed by atoms with E-state index >= 15 is 0 Å². The number of rotatable bonds is 7. The van der Waals surface area contributed by atoms with Gasteiger partial charge in [-0.25, -0.2) is 4.39 Å². The van der Waals surface area contributed by atoms with Crippen molar-refractivity contribution in [2.24, 2.45) is 0 Å². The van der Waals surface area contributed by atoms with Crippen LogP contribution in [0, 0.1) is 5.82 Å². The van der Waals surface area contributed by atoms with E-state index in [0.29, 0.717) is 16.9 Å². The maximum absolute atomic E-state index is 13.4. The first-order chi connectivity index (χ1) is 14.0. The van der Waals surface area contributed by atoms with Crippen LogP contribution in [-0.2, 0) is 11.2 Å². The Kier molecular flexibility index (Phi) is 6.39. The van der Waals surface area contributed by atoms with Crippen molar-refractivity contribution in [1.29, 1.82) is 0 Å². The summed E-state index contributed by atoms with van der Waals surface area (Å²) >= 11 is 0. The van der Waals surface area contributed by atoms with Gasteiger partial charge >= 0.3 is 0 Å². The average molecular weight is 391 g/mol. The smallest absolute Gasteiger partial charge is 0.225 e. The monoisotopic (exact) mass is 391 g/mol. The van der Waals surface area contributed by atoms with E-state index in [9.17, 15) is 14.0 Å². The molecule has 0 fully saturated rings. The van der Waals surface area contributed by atoms with Crippen LogP contribution >= 0.6 is 0 Å². The Morgan fingerprint density at radius 1 is 0.966 bits per heavy atom. The highest BCUT2D eigenvalue weighted by molar-refractivity contribution is 5.94. The van der Waals surface area contributed by atoms with Crippen molar-refractivity contribution in [3.8, 4) is 5.75 Å². The topological polar surface area (TPSA) is 55.4 Å². The minimum atomic E-state index is -0.425. The lowest BCUT2D eigenvalue weighted by atomic mass is 9.98. The number of ether oxygens (including phenoxy) is 1. The molecule has 1 amide bonds. The number of nitrogens with one attached hydrogen (secondary N) is 1. The van der Waals surface area contributed by atoms with Crippen molar-refractivity contribution in [3.05, 3.63) is 101 Å². The third-order valence-corrected chi connectivity index (χ3v) is 4.68. The molecule has 0 aliphatic heterocycles. The molecule has 3 aromatic carbocycles. The predicted octanol–water partition coefficient (Wildman–Crippen LogP) is 4.49. The van der Waals surface area contributed by atoms with E-state index < -0.39 is 6.04 Å². The van der Waals surface area contributed by atoms with Gasteiger partial charge < -0.3 is 10.1 Å². The molecule has 0 radical (unpaired) electrons. The van der Waals surface area contributed by atoms with E-state index in [4.69, 9.17) is 4.74 Å². The molecule has 5 heteroatoms. The number of Topliss-reactive ketones (excluding diaryl/α,β-unsaturated/α-hetero) is 1. The Morgan fingerprint density at radius 2 is 1.62 bits per heavy atom. The fraction of sp³-hybridized carbons (Fsp3) is 0.167. The van der Waals surface area contributed by atoms with Crippen molar-refractivity contribution in [3.63, 3.8) is 0 Å². The zero-order valence-corrected chi connectivity index (χ0v) is 16.3. The van der Waals surface area contributed by atoms with Crippen molar-refractivity contribution in [2.45, 2.75) is 19.4 Å². The average Bonchev–Trinajstić information content (AvgIpc) is 2.73. The van der Waals surface area contributed by atoms with Crippen molar-refractivity contribution >= 4 is 11.7 Å². The van der Waals surface area contributed by atoms with Gasteiger partial charge in [-0.2, -0.15) is 0 Å². The highest BCUT2D eigenvalue weighted by atomic mass is 19.1. The van der Waals surface area contributed by atoms with E-state index in [1.165, 1.54) is 26.2 Å². The van der Waals surface area contributed by atoms with Crippen LogP contribution < -0.4 is 10.1 Å². The maximum atomic E-state index is 13.4. The third-order valence-electron chi connectivity index (χ3n) is 4.68. The van der Waals surface area contributed by atoms with Gasteiger partial charge in [0.1, 0.15) is 11.6 Å². The number of hydrogen-bond donors (Lipinski definition) is 1. The van der Waals surface area contributed by atoms with Crippen LogP contribution in [0.25, 0.3) is 0 Å². The van der Waals surface area contributed by atoms with Crippen molar-refractivity contribution in [1.82, 2.24) is 5.32 Å². The van der Waals surface area contributed by atoms with Gasteiger partial charge in [0, 0.05) is 11.1 Å². The summed E-state index contributed by atoms with van der Waals surface area (Å²) in [5.41, 5.74) is 2.81. The summed E-state index contributed by atoms with van der Waals surface area (Å²) in [6, 6.07) is 20.2. The van der Waals surface area contributed by atoms with Gasteiger partial charge in [-0.3, -0.25) is 9.59 Å². The van der Waals surface area contributed by atoms with E-state index in [-0.39, 0.29) is 23.9 Å². The molecule has 0 aliphatic carbocycles. The molecule has 0 heterocycles. The Hall–Kier alpha value is -3.47. The van der Waals surface area contributed by atoms with Crippen LogP contribution in [0.5, 0.6) is 5.75 Å². The highest BCUT2D eigenvalue weighted by Crippen LogP contribution is 2.24. The van der Waals surface area contributed by atoms with Gasteiger partial charge in [0.15, 0.2) is 5.78 Å². The molecule has 3 rings (SSSR count). The first-order valence-electron chi connectivity index (χ1n) is 9.25. The number of benzene rings is 3. The molecule has 0 aromatic heterocycles. The molecule has 0 saturated heterocycles. The normalized spacial score (nSPS) is 11.6. The second-order valence-electron chi connectivity index (χ2n) is 6.72. The van der Waals surface area contributed by atoms with Crippen LogP contribution in [0.15, 0.2) is 72.8 Å². The van der Waals surface area contributed by atoms with E-state index in [1.54, 1.807) is 30.3 Å². The van der Waals surface area contributed by atoms with E-state index in [0.717, 1.165) is 11.1 Å². The minimum Gasteiger partial charge on any atom is -0.496 e. The first kappa shape index (κ1) is 20.3. The maximum Gasteiger partial charge on any atom is 0.225 e. The molecule has 0 bridgehead atoms. The summed E-state index contributed by atoms with van der Waals surface area (Å²) in [6.07, 6.45) is 0.0504. The molecule has 0 spiro atoms. The van der Waals surface area contributed by atoms with Crippen LogP contribution in [0.4, 0.5) is 4.39 Å². The Bertz CT molecular complexity index is 1000. The first-order valence-corrected chi connectivity index (χ1v) is 9.25. The van der Waals surface area contributed by atoms with E-state index in [2.05, 4.69) is 5.32 Å². The van der Waals surface area contributed by atoms with Crippen LogP contribution in [0.3, 0.4) is 0 Å². The van der Waals surface area contributed by atoms with Gasteiger partial charge in [-0.15, -0.1) is 0 Å². The van der Waals surface area contributed by atoms with Gasteiger partial charge in [0.25, 0.3) is 0 Å². The fourth-order valence-corrected chi connectivity index (χ4v) is 3.18. The molecule has 1 unspecified atom stereocenters. The van der Waals surface area contributed by atoms with Crippen LogP contribution in [0.2, 0.25) is 0 Å². The van der Waals surface area contributed by atoms with Gasteiger partial charge in [-0.1, -0.05) is 42.5 Å². The summed E-state index contributed by atoms with van der Waals surface area (Å²) in [6.45, 7) is 1.48. The number of carbonyl (C=O) groups excluding carboxylic acids is 2. The quantitative estimate of drug-likeness (QED) is 0.604. The summed E-state index contributed by atoms with van der Waals surface area (Å²) in [7, 11) is 1.52. The molecular weight excluding hydrogens is 369 g/mol. The standard InChI is InChI=1S/C24H22FNO3/c1-16(27)19-10-13-22(29-2)20(14-19)15-23(28)26-24(17-6-4-3-5-7-17)18-8-11-21(25)12-9-18/h3-14,24H,15H2,1-2H3,(H,26,28). The molecule has 4 nitrogen and oxygen atoms in total. The lowest BCUT2D eigenvalue weighted by molar-refractivity contribution is -0.121. The second kappa shape index (κ2) is 9.15. The summed E-state index contributed by atoms with van der Waals surface area (Å²) in [5, 5.41) is 3.02. The molecule has 3 aromatic rings. The van der Waals surface area contributed by atoms with Gasteiger partial charge in [-0.05, 0) is 48.4 Å². The van der Waals surface area contributed by atoms with Crippen molar-refractivity contribution in [2.75, 3.05) is 7.11 Å². The van der Waals surface area contributed by atoms with Crippen molar-refractivity contribution < 1.29 is 18.7 Å². The molecule has 1 atom stereocenters. The second-order valence-corrected chi connectivity index (χ2v) is 6.72. The number of amides is 1. The minimum absolute atomic E-state index is 0.0504. The Labute approximate surface area is 169 Å². The van der Waals surface area contributed by atoms with Gasteiger partial charge in [0.2, 0.25) is 5.91 Å². The molecule has 0 aliphatic rings. The number of ketones is 1. The molecule has 1 N–H and O–H groups in total. The third kappa shape index (κ3) is 5.08. The molecular formula is C24H22FNO3. The Balaban J connectivity index is 1.87. The largest absolute Gasteiger partial charge is 0.496 e. The number of halogens is 1. The lowest BCUT2D eigenvalue weighted by Crippen LogP contribution is -2.30. The Morgan fingerprint density at radius 3 is 2.24 bits per heavy atom. The number of carbonyl (C=O) groups is 2.